The number of aliphatic hydroxyl groups excluding tert-OH is 1. The molecule has 2 rings (SSSR count). The van der Waals surface area contributed by atoms with E-state index in [9.17, 15) is 14.7 Å². The SMILES string of the molecule is C/C(=C/C(=O)N1CCN(C(=O)C(C)O)CC1)c1ccccc1Cl. The van der Waals surface area contributed by atoms with E-state index in [0.717, 1.165) is 11.1 Å². The van der Waals surface area contributed by atoms with Gasteiger partial charge in [-0.25, -0.2) is 0 Å². The first-order chi connectivity index (χ1) is 10.9. The monoisotopic (exact) mass is 336 g/mol. The Bertz CT molecular complexity index is 620. The molecular formula is C17H21ClN2O3. The van der Waals surface area contributed by atoms with Crippen molar-refractivity contribution in [3.8, 4) is 0 Å². The van der Waals surface area contributed by atoms with Crippen molar-refractivity contribution in [3.05, 3.63) is 40.9 Å². The van der Waals surface area contributed by atoms with Gasteiger partial charge in [-0.1, -0.05) is 29.8 Å². The fraction of sp³-hybridized carbons (Fsp3) is 0.412. The van der Waals surface area contributed by atoms with Crippen LogP contribution < -0.4 is 0 Å². The molecule has 1 atom stereocenters. The number of benzene rings is 1. The fourth-order valence-electron chi connectivity index (χ4n) is 2.55. The summed E-state index contributed by atoms with van der Waals surface area (Å²) >= 11 is 6.14. The molecule has 1 aromatic carbocycles. The maximum atomic E-state index is 12.4. The highest BCUT2D eigenvalue weighted by Crippen LogP contribution is 2.23. The van der Waals surface area contributed by atoms with Gasteiger partial charge < -0.3 is 14.9 Å². The number of amides is 2. The molecule has 1 aliphatic heterocycles. The number of rotatable bonds is 3. The number of aliphatic hydroxyl groups is 1. The van der Waals surface area contributed by atoms with Crippen LogP contribution in [0.5, 0.6) is 0 Å². The molecule has 1 heterocycles. The highest BCUT2D eigenvalue weighted by molar-refractivity contribution is 6.32. The summed E-state index contributed by atoms with van der Waals surface area (Å²) in [6.45, 7) is 5.11. The van der Waals surface area contributed by atoms with Gasteiger partial charge in [-0.2, -0.15) is 0 Å². The summed E-state index contributed by atoms with van der Waals surface area (Å²) in [6.07, 6.45) is 0.576. The lowest BCUT2D eigenvalue weighted by Gasteiger charge is -2.35. The number of hydrogen-bond acceptors (Lipinski definition) is 3. The van der Waals surface area contributed by atoms with Gasteiger partial charge in [0.15, 0.2) is 0 Å². The van der Waals surface area contributed by atoms with E-state index in [1.54, 1.807) is 21.9 Å². The molecule has 0 spiro atoms. The molecule has 0 aromatic heterocycles. The highest BCUT2D eigenvalue weighted by atomic mass is 35.5. The van der Waals surface area contributed by atoms with Gasteiger partial charge in [0.1, 0.15) is 6.10 Å². The van der Waals surface area contributed by atoms with Crippen molar-refractivity contribution in [1.29, 1.82) is 0 Å². The summed E-state index contributed by atoms with van der Waals surface area (Å²) in [5, 5.41) is 9.94. The van der Waals surface area contributed by atoms with Crippen LogP contribution in [0.15, 0.2) is 30.3 Å². The van der Waals surface area contributed by atoms with Crippen molar-refractivity contribution >= 4 is 29.0 Å². The number of nitrogens with zero attached hydrogens (tertiary/aromatic N) is 2. The van der Waals surface area contributed by atoms with E-state index in [1.165, 1.54) is 6.92 Å². The van der Waals surface area contributed by atoms with Crippen LogP contribution in [-0.4, -0.2) is 59.0 Å². The largest absolute Gasteiger partial charge is 0.384 e. The molecule has 23 heavy (non-hydrogen) atoms. The Morgan fingerprint density at radius 1 is 1.17 bits per heavy atom. The molecule has 124 valence electrons. The summed E-state index contributed by atoms with van der Waals surface area (Å²) in [4.78, 5) is 27.4. The normalized spacial score (nSPS) is 17.1. The fourth-order valence-corrected chi connectivity index (χ4v) is 2.83. The van der Waals surface area contributed by atoms with Gasteiger partial charge in [-0.05, 0) is 31.1 Å². The Morgan fingerprint density at radius 2 is 1.74 bits per heavy atom. The van der Waals surface area contributed by atoms with Gasteiger partial charge in [-0.15, -0.1) is 0 Å². The second-order valence-corrected chi connectivity index (χ2v) is 6.04. The van der Waals surface area contributed by atoms with Crippen LogP contribution in [0.25, 0.3) is 5.57 Å². The zero-order valence-corrected chi connectivity index (χ0v) is 14.1. The minimum atomic E-state index is -1.00. The average Bonchev–Trinajstić information content (AvgIpc) is 2.54. The summed E-state index contributed by atoms with van der Waals surface area (Å²) in [7, 11) is 0. The Morgan fingerprint density at radius 3 is 2.30 bits per heavy atom. The molecule has 1 N–H and O–H groups in total. The molecule has 1 fully saturated rings. The lowest BCUT2D eigenvalue weighted by molar-refractivity contribution is -0.143. The number of piperazine rings is 1. The minimum Gasteiger partial charge on any atom is -0.384 e. The molecule has 2 amide bonds. The predicted octanol–water partition coefficient (Wildman–Crippen LogP) is 1.79. The van der Waals surface area contributed by atoms with Crippen molar-refractivity contribution in [3.63, 3.8) is 0 Å². The topological polar surface area (TPSA) is 60.9 Å². The molecule has 0 bridgehead atoms. The van der Waals surface area contributed by atoms with Crippen molar-refractivity contribution < 1.29 is 14.7 Å². The molecule has 1 aliphatic rings. The molecule has 0 aliphatic carbocycles. The Balaban J connectivity index is 1.99. The van der Waals surface area contributed by atoms with Crippen LogP contribution in [0, 0.1) is 0 Å². The lowest BCUT2D eigenvalue weighted by atomic mass is 10.1. The van der Waals surface area contributed by atoms with Gasteiger partial charge in [0.05, 0.1) is 0 Å². The average molecular weight is 337 g/mol. The first-order valence-corrected chi connectivity index (χ1v) is 7.97. The van der Waals surface area contributed by atoms with Crippen molar-refractivity contribution in [2.24, 2.45) is 0 Å². The molecule has 5 nitrogen and oxygen atoms in total. The number of hydrogen-bond donors (Lipinski definition) is 1. The van der Waals surface area contributed by atoms with Crippen molar-refractivity contribution in [1.82, 2.24) is 9.80 Å². The molecule has 1 unspecified atom stereocenters. The molecule has 0 saturated carbocycles. The maximum Gasteiger partial charge on any atom is 0.251 e. The van der Waals surface area contributed by atoms with Crippen LogP contribution in [0.3, 0.4) is 0 Å². The second-order valence-electron chi connectivity index (χ2n) is 5.63. The van der Waals surface area contributed by atoms with E-state index in [0.29, 0.717) is 31.2 Å². The van der Waals surface area contributed by atoms with E-state index in [-0.39, 0.29) is 11.8 Å². The molecule has 6 heteroatoms. The Hall–Kier alpha value is -1.85. The van der Waals surface area contributed by atoms with Gasteiger partial charge >= 0.3 is 0 Å². The number of halogens is 1. The van der Waals surface area contributed by atoms with E-state index in [4.69, 9.17) is 11.6 Å². The van der Waals surface area contributed by atoms with Crippen LogP contribution in [0.4, 0.5) is 0 Å². The predicted molar refractivity (Wildman–Crippen MR) is 89.9 cm³/mol. The second kappa shape index (κ2) is 7.62. The maximum absolute atomic E-state index is 12.4. The van der Waals surface area contributed by atoms with Crippen LogP contribution in [0.1, 0.15) is 19.4 Å². The van der Waals surface area contributed by atoms with Crippen LogP contribution in [0.2, 0.25) is 5.02 Å². The Labute approximate surface area is 141 Å². The smallest absolute Gasteiger partial charge is 0.251 e. The van der Waals surface area contributed by atoms with E-state index in [2.05, 4.69) is 0 Å². The molecular weight excluding hydrogens is 316 g/mol. The zero-order valence-electron chi connectivity index (χ0n) is 13.3. The summed E-state index contributed by atoms with van der Waals surface area (Å²) < 4.78 is 0. The number of carbonyl (C=O) groups is 2. The minimum absolute atomic E-state index is 0.0911. The zero-order chi connectivity index (χ0) is 17.0. The molecule has 0 radical (unpaired) electrons. The van der Waals surface area contributed by atoms with E-state index < -0.39 is 6.10 Å². The van der Waals surface area contributed by atoms with Crippen molar-refractivity contribution in [2.75, 3.05) is 26.2 Å². The summed E-state index contributed by atoms with van der Waals surface area (Å²) in [5.74, 6) is -0.383. The number of allylic oxidation sites excluding steroid dienone is 1. The van der Waals surface area contributed by atoms with Gasteiger partial charge in [0.25, 0.3) is 5.91 Å². The summed E-state index contributed by atoms with van der Waals surface area (Å²) in [5.41, 5.74) is 1.65. The van der Waals surface area contributed by atoms with Crippen LogP contribution >= 0.6 is 11.6 Å². The third-order valence-corrected chi connectivity index (χ3v) is 4.23. The van der Waals surface area contributed by atoms with Gasteiger partial charge in [-0.3, -0.25) is 9.59 Å². The lowest BCUT2D eigenvalue weighted by Crippen LogP contribution is -2.52. The van der Waals surface area contributed by atoms with E-state index in [1.807, 2.05) is 25.1 Å². The molecule has 1 aromatic rings. The number of carbonyl (C=O) groups excluding carboxylic acids is 2. The molecule has 1 saturated heterocycles. The third kappa shape index (κ3) is 4.33. The standard InChI is InChI=1S/C17H21ClN2O3/c1-12(14-5-3-4-6-15(14)18)11-16(22)19-7-9-20(10-8-19)17(23)13(2)21/h3-6,11,13,21H,7-10H2,1-2H3/b12-11-. The first kappa shape index (κ1) is 17.5. The van der Waals surface area contributed by atoms with Gasteiger partial charge in [0, 0.05) is 37.3 Å². The quantitative estimate of drug-likeness (QED) is 0.856. The first-order valence-electron chi connectivity index (χ1n) is 7.59. The Kier molecular flexibility index (Phi) is 5.80. The van der Waals surface area contributed by atoms with Gasteiger partial charge in [0.2, 0.25) is 5.91 Å². The third-order valence-electron chi connectivity index (χ3n) is 3.90. The highest BCUT2D eigenvalue weighted by Gasteiger charge is 2.25. The summed E-state index contributed by atoms with van der Waals surface area (Å²) in [6, 6.07) is 7.39. The van der Waals surface area contributed by atoms with Crippen molar-refractivity contribution in [2.45, 2.75) is 20.0 Å². The van der Waals surface area contributed by atoms with Crippen LogP contribution in [-0.2, 0) is 9.59 Å². The van der Waals surface area contributed by atoms with E-state index >= 15 is 0 Å².